The van der Waals surface area contributed by atoms with Crippen molar-refractivity contribution in [2.75, 3.05) is 19.8 Å². The lowest BCUT2D eigenvalue weighted by Gasteiger charge is -2.32. The quantitative estimate of drug-likeness (QED) is 0.254. The number of carbonyl (C=O) groups is 2. The first-order valence-corrected chi connectivity index (χ1v) is 14.0. The van der Waals surface area contributed by atoms with Gasteiger partial charge in [0.05, 0.1) is 13.2 Å². The van der Waals surface area contributed by atoms with Gasteiger partial charge in [-0.05, 0) is 55.5 Å². The number of nitrogens with one attached hydrogen (secondary N) is 1. The SMILES string of the molecule is CCOc1ccc(CCC(=O)N(Cc2ccccc2F)C(Cc2ccccc2)C(=O)NCC(C)C)cc1OCC. The van der Waals surface area contributed by atoms with Crippen LogP contribution in [-0.2, 0) is 29.0 Å². The summed E-state index contributed by atoms with van der Waals surface area (Å²) in [5, 5.41) is 2.99. The predicted molar refractivity (Wildman–Crippen MR) is 156 cm³/mol. The minimum atomic E-state index is -0.799. The van der Waals surface area contributed by atoms with Crippen LogP contribution in [0.2, 0.25) is 0 Å². The van der Waals surface area contributed by atoms with E-state index in [1.807, 2.05) is 76.2 Å². The van der Waals surface area contributed by atoms with Gasteiger partial charge in [-0.2, -0.15) is 0 Å². The van der Waals surface area contributed by atoms with E-state index >= 15 is 0 Å². The van der Waals surface area contributed by atoms with E-state index in [1.54, 1.807) is 18.2 Å². The molecule has 0 bridgehead atoms. The van der Waals surface area contributed by atoms with Gasteiger partial charge in [0, 0.05) is 31.5 Å². The third-order valence-electron chi connectivity index (χ3n) is 6.49. The largest absolute Gasteiger partial charge is 0.490 e. The summed E-state index contributed by atoms with van der Waals surface area (Å²) in [6.07, 6.45) is 0.907. The summed E-state index contributed by atoms with van der Waals surface area (Å²) in [5.74, 6) is 0.654. The van der Waals surface area contributed by atoms with Crippen molar-refractivity contribution in [2.45, 2.75) is 59.5 Å². The Labute approximate surface area is 237 Å². The number of benzene rings is 3. The normalized spacial score (nSPS) is 11.7. The Morgan fingerprint density at radius 3 is 2.23 bits per heavy atom. The molecule has 214 valence electrons. The van der Waals surface area contributed by atoms with Gasteiger partial charge in [-0.1, -0.05) is 68.4 Å². The summed E-state index contributed by atoms with van der Waals surface area (Å²) in [6.45, 7) is 9.34. The molecular weight excluding hydrogens is 507 g/mol. The first-order chi connectivity index (χ1) is 19.3. The molecule has 2 amide bonds. The van der Waals surface area contributed by atoms with E-state index in [-0.39, 0.29) is 30.7 Å². The first kappa shape index (κ1) is 30.7. The highest BCUT2D eigenvalue weighted by Crippen LogP contribution is 2.29. The minimum absolute atomic E-state index is 0.00835. The Balaban J connectivity index is 1.90. The van der Waals surface area contributed by atoms with Crippen molar-refractivity contribution in [3.63, 3.8) is 0 Å². The highest BCUT2D eigenvalue weighted by Gasteiger charge is 2.30. The molecule has 40 heavy (non-hydrogen) atoms. The molecule has 0 heterocycles. The number of nitrogens with zero attached hydrogens (tertiary/aromatic N) is 1. The summed E-state index contributed by atoms with van der Waals surface area (Å²) in [6, 6.07) is 20.8. The Kier molecular flexibility index (Phi) is 12.0. The van der Waals surface area contributed by atoms with Gasteiger partial charge < -0.3 is 19.7 Å². The average Bonchev–Trinajstić information content (AvgIpc) is 2.95. The molecule has 7 heteroatoms. The molecule has 0 fully saturated rings. The third-order valence-corrected chi connectivity index (χ3v) is 6.49. The van der Waals surface area contributed by atoms with Crippen molar-refractivity contribution in [3.8, 4) is 11.5 Å². The zero-order valence-electron chi connectivity index (χ0n) is 24.0. The van der Waals surface area contributed by atoms with E-state index in [9.17, 15) is 14.0 Å². The molecule has 6 nitrogen and oxygen atoms in total. The first-order valence-electron chi connectivity index (χ1n) is 14.0. The van der Waals surface area contributed by atoms with E-state index < -0.39 is 11.9 Å². The van der Waals surface area contributed by atoms with Gasteiger partial charge in [0.1, 0.15) is 11.9 Å². The second-order valence-electron chi connectivity index (χ2n) is 10.1. The zero-order chi connectivity index (χ0) is 28.9. The molecule has 0 aromatic heterocycles. The van der Waals surface area contributed by atoms with E-state index in [1.165, 1.54) is 11.0 Å². The molecule has 3 rings (SSSR count). The summed E-state index contributed by atoms with van der Waals surface area (Å²) in [5.41, 5.74) is 2.20. The van der Waals surface area contributed by atoms with Crippen LogP contribution in [0.5, 0.6) is 11.5 Å². The third kappa shape index (κ3) is 9.11. The van der Waals surface area contributed by atoms with Gasteiger partial charge in [-0.15, -0.1) is 0 Å². The number of carbonyl (C=O) groups excluding carboxylic acids is 2. The molecule has 1 atom stereocenters. The fourth-order valence-corrected chi connectivity index (χ4v) is 4.43. The van der Waals surface area contributed by atoms with Crippen LogP contribution in [0.25, 0.3) is 0 Å². The summed E-state index contributed by atoms with van der Waals surface area (Å²) in [7, 11) is 0. The number of amides is 2. The lowest BCUT2D eigenvalue weighted by Crippen LogP contribution is -2.51. The molecule has 0 saturated carbocycles. The fourth-order valence-electron chi connectivity index (χ4n) is 4.43. The van der Waals surface area contributed by atoms with Crippen molar-refractivity contribution in [1.29, 1.82) is 0 Å². The number of ether oxygens (including phenoxy) is 2. The monoisotopic (exact) mass is 548 g/mol. The molecule has 1 N–H and O–H groups in total. The number of hydrogen-bond donors (Lipinski definition) is 1. The smallest absolute Gasteiger partial charge is 0.243 e. The fraction of sp³-hybridized carbons (Fsp3) is 0.394. The maximum Gasteiger partial charge on any atom is 0.243 e. The van der Waals surface area contributed by atoms with E-state index in [2.05, 4.69) is 5.32 Å². The van der Waals surface area contributed by atoms with Gasteiger partial charge in [0.25, 0.3) is 0 Å². The number of hydrogen-bond acceptors (Lipinski definition) is 4. The topological polar surface area (TPSA) is 67.9 Å². The van der Waals surface area contributed by atoms with Crippen LogP contribution in [0.4, 0.5) is 4.39 Å². The van der Waals surface area contributed by atoms with Crippen LogP contribution in [0.3, 0.4) is 0 Å². The molecule has 0 spiro atoms. The molecule has 0 saturated heterocycles. The van der Waals surface area contributed by atoms with Crippen molar-refractivity contribution in [1.82, 2.24) is 10.2 Å². The highest BCUT2D eigenvalue weighted by molar-refractivity contribution is 5.88. The number of halogens is 1. The van der Waals surface area contributed by atoms with Gasteiger partial charge >= 0.3 is 0 Å². The standard InChI is InChI=1S/C33H41FN2O4/c1-5-39-30-18-16-26(21-31(30)40-6-2)17-19-32(37)36(23-27-14-10-11-15-28(27)34)29(33(38)35-22-24(3)4)20-25-12-8-7-9-13-25/h7-16,18,21,24,29H,5-6,17,19-20,22-23H2,1-4H3,(H,35,38). The number of aryl methyl sites for hydroxylation is 1. The van der Waals surface area contributed by atoms with Crippen molar-refractivity contribution >= 4 is 11.8 Å². The lowest BCUT2D eigenvalue weighted by molar-refractivity contribution is -0.141. The van der Waals surface area contributed by atoms with Gasteiger partial charge in [0.15, 0.2) is 11.5 Å². The van der Waals surface area contributed by atoms with Crippen LogP contribution >= 0.6 is 0 Å². The maximum atomic E-state index is 14.8. The maximum absolute atomic E-state index is 14.8. The van der Waals surface area contributed by atoms with Gasteiger partial charge in [-0.25, -0.2) is 4.39 Å². The van der Waals surface area contributed by atoms with Gasteiger partial charge in [-0.3, -0.25) is 9.59 Å². The van der Waals surface area contributed by atoms with Crippen molar-refractivity contribution in [2.24, 2.45) is 5.92 Å². The summed E-state index contributed by atoms with van der Waals surface area (Å²) in [4.78, 5) is 28.9. The average molecular weight is 549 g/mol. The molecule has 0 radical (unpaired) electrons. The Morgan fingerprint density at radius 2 is 1.55 bits per heavy atom. The van der Waals surface area contributed by atoms with Crippen molar-refractivity contribution in [3.05, 3.63) is 95.3 Å². The zero-order valence-corrected chi connectivity index (χ0v) is 24.0. The van der Waals surface area contributed by atoms with E-state index in [4.69, 9.17) is 9.47 Å². The van der Waals surface area contributed by atoms with Crippen LogP contribution in [0.1, 0.15) is 50.8 Å². The Morgan fingerprint density at radius 1 is 0.875 bits per heavy atom. The summed E-state index contributed by atoms with van der Waals surface area (Å²) < 4.78 is 26.2. The molecule has 0 aliphatic carbocycles. The minimum Gasteiger partial charge on any atom is -0.490 e. The Bertz CT molecular complexity index is 1230. The Hall–Kier alpha value is -3.87. The van der Waals surface area contributed by atoms with Crippen LogP contribution in [0.15, 0.2) is 72.8 Å². The van der Waals surface area contributed by atoms with Crippen LogP contribution in [-0.4, -0.2) is 42.5 Å². The van der Waals surface area contributed by atoms with Crippen LogP contribution in [0, 0.1) is 11.7 Å². The number of rotatable bonds is 15. The van der Waals surface area contributed by atoms with Gasteiger partial charge in [0.2, 0.25) is 11.8 Å². The predicted octanol–water partition coefficient (Wildman–Crippen LogP) is 5.97. The lowest BCUT2D eigenvalue weighted by atomic mass is 10.0. The second kappa shape index (κ2) is 15.7. The molecule has 3 aromatic rings. The molecule has 1 unspecified atom stereocenters. The summed E-state index contributed by atoms with van der Waals surface area (Å²) >= 11 is 0. The highest BCUT2D eigenvalue weighted by atomic mass is 19.1. The molecule has 0 aliphatic heterocycles. The van der Waals surface area contributed by atoms with E-state index in [0.717, 1.165) is 11.1 Å². The van der Waals surface area contributed by atoms with Crippen molar-refractivity contribution < 1.29 is 23.5 Å². The van der Waals surface area contributed by atoms with Crippen LogP contribution < -0.4 is 14.8 Å². The second-order valence-corrected chi connectivity index (χ2v) is 10.1. The molecular formula is C33H41FN2O4. The molecule has 0 aliphatic rings. The molecule has 3 aromatic carbocycles. The van der Waals surface area contributed by atoms with E-state index in [0.29, 0.717) is 49.7 Å².